The van der Waals surface area contributed by atoms with E-state index in [4.69, 9.17) is 15.2 Å². The van der Waals surface area contributed by atoms with Gasteiger partial charge in [0.15, 0.2) is 6.61 Å². The van der Waals surface area contributed by atoms with Gasteiger partial charge < -0.3 is 25.8 Å². The normalized spacial score (nSPS) is 15.5. The summed E-state index contributed by atoms with van der Waals surface area (Å²) in [5.74, 6) is 0.245. The molecule has 140 valence electrons. The molecule has 4 N–H and O–H groups in total. The molecule has 0 bridgehead atoms. The van der Waals surface area contributed by atoms with Crippen LogP contribution in [0, 0.1) is 0 Å². The van der Waals surface area contributed by atoms with Gasteiger partial charge >= 0.3 is 0 Å². The van der Waals surface area contributed by atoms with Crippen LogP contribution in [0.2, 0.25) is 0 Å². The van der Waals surface area contributed by atoms with Gasteiger partial charge in [-0.15, -0.1) is 12.4 Å². The molecule has 0 radical (unpaired) electrons. The Morgan fingerprint density at radius 3 is 2.48 bits per heavy atom. The summed E-state index contributed by atoms with van der Waals surface area (Å²) in [7, 11) is 1.50. The molecule has 0 heterocycles. The van der Waals surface area contributed by atoms with Crippen molar-refractivity contribution >= 4 is 24.2 Å². The Kier molecular flexibility index (Phi) is 8.68. The molecule has 8 heteroatoms. The number of benzene rings is 1. The number of rotatable bonds is 9. The monoisotopic (exact) mass is 371 g/mol. The van der Waals surface area contributed by atoms with E-state index in [-0.39, 0.29) is 43.5 Å². The second kappa shape index (κ2) is 10.2. The first-order valence-corrected chi connectivity index (χ1v) is 8.06. The van der Waals surface area contributed by atoms with Crippen LogP contribution in [0.15, 0.2) is 24.3 Å². The molecule has 0 spiro atoms. The van der Waals surface area contributed by atoms with E-state index in [1.165, 1.54) is 7.11 Å². The third-order valence-corrected chi connectivity index (χ3v) is 3.73. The summed E-state index contributed by atoms with van der Waals surface area (Å²) >= 11 is 0. The average Bonchev–Trinajstić information content (AvgIpc) is 3.37. The third-order valence-electron chi connectivity index (χ3n) is 3.73. The van der Waals surface area contributed by atoms with Gasteiger partial charge in [0.2, 0.25) is 5.91 Å². The molecule has 0 saturated heterocycles. The van der Waals surface area contributed by atoms with Crippen molar-refractivity contribution in [2.45, 2.75) is 37.9 Å². The fourth-order valence-corrected chi connectivity index (χ4v) is 2.16. The first kappa shape index (κ1) is 21.2. The third kappa shape index (κ3) is 7.29. The van der Waals surface area contributed by atoms with Gasteiger partial charge in [0.05, 0.1) is 12.6 Å². The number of ether oxygens (including phenoxy) is 2. The van der Waals surface area contributed by atoms with E-state index >= 15 is 0 Å². The maximum atomic E-state index is 11.9. The second-order valence-electron chi connectivity index (χ2n) is 5.99. The predicted molar refractivity (Wildman–Crippen MR) is 96.8 cm³/mol. The van der Waals surface area contributed by atoms with Crippen molar-refractivity contribution in [3.05, 3.63) is 29.8 Å². The van der Waals surface area contributed by atoms with Gasteiger partial charge in [0.1, 0.15) is 11.8 Å². The lowest BCUT2D eigenvalue weighted by atomic mass is 10.1. The minimum Gasteiger partial charge on any atom is -0.484 e. The summed E-state index contributed by atoms with van der Waals surface area (Å²) in [5, 5.41) is 5.69. The van der Waals surface area contributed by atoms with E-state index in [1.807, 2.05) is 19.1 Å². The number of amides is 2. The van der Waals surface area contributed by atoms with Crippen LogP contribution in [0.4, 0.5) is 0 Å². The zero-order valence-corrected chi connectivity index (χ0v) is 15.3. The van der Waals surface area contributed by atoms with Gasteiger partial charge in [-0.05, 0) is 37.5 Å². The highest BCUT2D eigenvalue weighted by atomic mass is 35.5. The minimum absolute atomic E-state index is 0. The Morgan fingerprint density at radius 2 is 1.92 bits per heavy atom. The van der Waals surface area contributed by atoms with Crippen molar-refractivity contribution in [3.63, 3.8) is 0 Å². The summed E-state index contributed by atoms with van der Waals surface area (Å²) < 4.78 is 10.3. The van der Waals surface area contributed by atoms with Crippen molar-refractivity contribution < 1.29 is 19.1 Å². The summed E-state index contributed by atoms with van der Waals surface area (Å²) in [6.45, 7) is 2.05. The molecular weight excluding hydrogens is 346 g/mol. The summed E-state index contributed by atoms with van der Waals surface area (Å²) in [6.07, 6.45) is 2.11. The lowest BCUT2D eigenvalue weighted by Gasteiger charge is -2.18. The Morgan fingerprint density at radius 1 is 1.28 bits per heavy atom. The molecular formula is C17H26ClN3O4. The largest absolute Gasteiger partial charge is 0.484 e. The molecule has 1 aromatic carbocycles. The number of nitrogens with one attached hydrogen (secondary N) is 2. The molecule has 1 aliphatic rings. The minimum atomic E-state index is -0.690. The first-order chi connectivity index (χ1) is 11.5. The fraction of sp³-hybridized carbons (Fsp3) is 0.529. The van der Waals surface area contributed by atoms with Crippen molar-refractivity contribution in [1.82, 2.24) is 10.6 Å². The molecule has 1 saturated carbocycles. The lowest BCUT2D eigenvalue weighted by molar-refractivity contribution is -0.124. The van der Waals surface area contributed by atoms with E-state index in [9.17, 15) is 9.59 Å². The SMILES string of the molecule is COCC(N)C(=O)NC(C)c1ccc(OCC(=O)NC2CC2)cc1.Cl. The number of hydrogen-bond acceptors (Lipinski definition) is 5. The molecule has 0 aromatic heterocycles. The van der Waals surface area contributed by atoms with Gasteiger partial charge in [-0.1, -0.05) is 12.1 Å². The molecule has 2 amide bonds. The molecule has 1 aromatic rings. The Bertz CT molecular complexity index is 564. The number of nitrogens with two attached hydrogens (primary N) is 1. The molecule has 1 fully saturated rings. The molecule has 7 nitrogen and oxygen atoms in total. The molecule has 0 aliphatic heterocycles. The molecule has 1 aliphatic carbocycles. The van der Waals surface area contributed by atoms with Gasteiger partial charge in [-0.3, -0.25) is 9.59 Å². The Labute approximate surface area is 154 Å². The van der Waals surface area contributed by atoms with Gasteiger partial charge in [-0.25, -0.2) is 0 Å². The fourth-order valence-electron chi connectivity index (χ4n) is 2.16. The molecule has 2 rings (SSSR count). The molecule has 2 atom stereocenters. The smallest absolute Gasteiger partial charge is 0.258 e. The van der Waals surface area contributed by atoms with Crippen LogP contribution in [0.1, 0.15) is 31.4 Å². The van der Waals surface area contributed by atoms with Gasteiger partial charge in [0, 0.05) is 13.2 Å². The highest BCUT2D eigenvalue weighted by Gasteiger charge is 2.23. The zero-order chi connectivity index (χ0) is 17.5. The topological polar surface area (TPSA) is 103 Å². The van der Waals surface area contributed by atoms with Crippen LogP contribution in [0.5, 0.6) is 5.75 Å². The molecule has 25 heavy (non-hydrogen) atoms. The van der Waals surface area contributed by atoms with Crippen LogP contribution in [0.3, 0.4) is 0 Å². The van der Waals surface area contributed by atoms with E-state index < -0.39 is 6.04 Å². The van der Waals surface area contributed by atoms with Crippen LogP contribution < -0.4 is 21.1 Å². The number of carbonyl (C=O) groups is 2. The van der Waals surface area contributed by atoms with Crippen molar-refractivity contribution in [2.75, 3.05) is 20.3 Å². The number of methoxy groups -OCH3 is 1. The molecule has 2 unspecified atom stereocenters. The van der Waals surface area contributed by atoms with Crippen LogP contribution in [-0.4, -0.2) is 44.2 Å². The van der Waals surface area contributed by atoms with Crippen LogP contribution in [0.25, 0.3) is 0 Å². The average molecular weight is 372 g/mol. The zero-order valence-electron chi connectivity index (χ0n) is 14.5. The van der Waals surface area contributed by atoms with E-state index in [0.29, 0.717) is 11.8 Å². The lowest BCUT2D eigenvalue weighted by Crippen LogP contribution is -2.44. The van der Waals surface area contributed by atoms with Crippen molar-refractivity contribution in [2.24, 2.45) is 5.73 Å². The predicted octanol–water partition coefficient (Wildman–Crippen LogP) is 0.917. The first-order valence-electron chi connectivity index (χ1n) is 8.06. The number of hydrogen-bond donors (Lipinski definition) is 3. The maximum Gasteiger partial charge on any atom is 0.258 e. The standard InChI is InChI=1S/C17H25N3O4.ClH/c1-11(19-17(22)15(18)9-23-2)12-3-7-14(8-4-12)24-10-16(21)20-13-5-6-13;/h3-4,7-8,11,13,15H,5-6,9-10,18H2,1-2H3,(H,19,22)(H,20,21);1H. The Balaban J connectivity index is 0.00000312. The second-order valence-corrected chi connectivity index (χ2v) is 5.99. The highest BCUT2D eigenvalue weighted by Crippen LogP contribution is 2.19. The maximum absolute atomic E-state index is 11.9. The van der Waals surface area contributed by atoms with Crippen LogP contribution >= 0.6 is 12.4 Å². The number of carbonyl (C=O) groups excluding carboxylic acids is 2. The quantitative estimate of drug-likeness (QED) is 0.599. The summed E-state index contributed by atoms with van der Waals surface area (Å²) in [6, 6.07) is 6.70. The Hall–Kier alpha value is -1.83. The highest BCUT2D eigenvalue weighted by molar-refractivity contribution is 5.85. The van der Waals surface area contributed by atoms with Crippen molar-refractivity contribution in [1.29, 1.82) is 0 Å². The summed E-state index contributed by atoms with van der Waals surface area (Å²) in [4.78, 5) is 23.4. The van der Waals surface area contributed by atoms with Crippen LogP contribution in [-0.2, 0) is 14.3 Å². The van der Waals surface area contributed by atoms with Gasteiger partial charge in [0.25, 0.3) is 5.91 Å². The number of halogens is 1. The van der Waals surface area contributed by atoms with Crippen molar-refractivity contribution in [3.8, 4) is 5.75 Å². The van der Waals surface area contributed by atoms with E-state index in [2.05, 4.69) is 10.6 Å². The van der Waals surface area contributed by atoms with E-state index in [0.717, 1.165) is 18.4 Å². The van der Waals surface area contributed by atoms with Gasteiger partial charge in [-0.2, -0.15) is 0 Å². The van der Waals surface area contributed by atoms with E-state index in [1.54, 1.807) is 12.1 Å². The summed E-state index contributed by atoms with van der Waals surface area (Å²) in [5.41, 5.74) is 6.61.